The van der Waals surface area contributed by atoms with E-state index in [4.69, 9.17) is 0 Å². The van der Waals surface area contributed by atoms with Gasteiger partial charge in [-0.25, -0.2) is 0 Å². The second-order valence-electron chi connectivity index (χ2n) is 2.91. The first-order chi connectivity index (χ1) is 5.65. The average Bonchev–Trinajstić information content (AvgIpc) is 2.12. The molecule has 0 radical (unpaired) electrons. The Labute approximate surface area is 74.7 Å². The van der Waals surface area contributed by atoms with Crippen molar-refractivity contribution in [2.24, 2.45) is 5.92 Å². The van der Waals surface area contributed by atoms with Crippen molar-refractivity contribution in [1.29, 1.82) is 0 Å². The summed E-state index contributed by atoms with van der Waals surface area (Å²) in [5, 5.41) is 0. The molecule has 0 N–H and O–H groups in total. The van der Waals surface area contributed by atoms with Gasteiger partial charge in [0.1, 0.15) is 0 Å². The van der Waals surface area contributed by atoms with E-state index in [1.54, 1.807) is 0 Å². The normalized spacial score (nSPS) is 13.1. The highest BCUT2D eigenvalue weighted by Crippen LogP contribution is 2.01. The van der Waals surface area contributed by atoms with Crippen LogP contribution in [0.2, 0.25) is 0 Å². The molecule has 0 aliphatic heterocycles. The molecule has 0 heterocycles. The van der Waals surface area contributed by atoms with Gasteiger partial charge in [0, 0.05) is 6.54 Å². The number of hydrogen-bond donors (Lipinski definition) is 0. The maximum absolute atomic E-state index is 11.0. The molecule has 0 amide bonds. The maximum atomic E-state index is 11.0. The molecule has 0 saturated carbocycles. The molecule has 0 aromatic carbocycles. The minimum Gasteiger partial charge on any atom is -0.469 e. The fraction of sp³-hybridized carbons (Fsp3) is 0.889. The molecule has 0 fully saturated rings. The third-order valence-corrected chi connectivity index (χ3v) is 2.03. The molecule has 0 saturated heterocycles. The van der Waals surface area contributed by atoms with Gasteiger partial charge in [-0.15, -0.1) is 0 Å². The molecule has 1 atom stereocenters. The Balaban J connectivity index is 3.80. The van der Waals surface area contributed by atoms with Crippen molar-refractivity contribution < 1.29 is 9.53 Å². The molecule has 0 bridgehead atoms. The molecular weight excluding hydrogens is 154 g/mol. The van der Waals surface area contributed by atoms with Crippen molar-refractivity contribution in [1.82, 2.24) is 4.90 Å². The van der Waals surface area contributed by atoms with Crippen LogP contribution in [0.5, 0.6) is 0 Å². The number of esters is 1. The minimum absolute atomic E-state index is 0.0186. The smallest absolute Gasteiger partial charge is 0.309 e. The Morgan fingerprint density at radius 2 is 1.92 bits per heavy atom. The average molecular weight is 173 g/mol. The first-order valence-electron chi connectivity index (χ1n) is 4.45. The van der Waals surface area contributed by atoms with Gasteiger partial charge in [-0.2, -0.15) is 0 Å². The fourth-order valence-corrected chi connectivity index (χ4v) is 1.14. The highest BCUT2D eigenvalue weighted by molar-refractivity contribution is 5.72. The van der Waals surface area contributed by atoms with E-state index in [9.17, 15) is 4.79 Å². The summed E-state index contributed by atoms with van der Waals surface area (Å²) < 4.78 is 4.64. The van der Waals surface area contributed by atoms with E-state index in [0.717, 1.165) is 19.6 Å². The van der Waals surface area contributed by atoms with Gasteiger partial charge >= 0.3 is 5.97 Å². The van der Waals surface area contributed by atoms with Gasteiger partial charge < -0.3 is 9.64 Å². The summed E-state index contributed by atoms with van der Waals surface area (Å²) in [5.41, 5.74) is 0. The number of carbonyl (C=O) groups excluding carboxylic acids is 1. The number of methoxy groups -OCH3 is 1. The van der Waals surface area contributed by atoms with Crippen LogP contribution in [0, 0.1) is 5.92 Å². The summed E-state index contributed by atoms with van der Waals surface area (Å²) in [6, 6.07) is 0. The molecule has 3 nitrogen and oxygen atoms in total. The maximum Gasteiger partial charge on any atom is 0.309 e. The van der Waals surface area contributed by atoms with Crippen LogP contribution < -0.4 is 0 Å². The summed E-state index contributed by atoms with van der Waals surface area (Å²) in [6.07, 6.45) is 0. The summed E-state index contributed by atoms with van der Waals surface area (Å²) in [5.74, 6) is -0.142. The number of nitrogens with zero attached hydrogens (tertiary/aromatic N) is 1. The molecule has 72 valence electrons. The van der Waals surface area contributed by atoms with E-state index >= 15 is 0 Å². The molecule has 1 unspecified atom stereocenters. The summed E-state index contributed by atoms with van der Waals surface area (Å²) >= 11 is 0. The van der Waals surface area contributed by atoms with Gasteiger partial charge in [0.05, 0.1) is 13.0 Å². The number of rotatable bonds is 5. The molecule has 3 heteroatoms. The van der Waals surface area contributed by atoms with Crippen LogP contribution in [0.15, 0.2) is 0 Å². The monoisotopic (exact) mass is 173 g/mol. The van der Waals surface area contributed by atoms with Crippen LogP contribution in [-0.4, -0.2) is 37.6 Å². The molecule has 0 aliphatic carbocycles. The molecule has 0 aliphatic rings. The number of ether oxygens (including phenoxy) is 1. The van der Waals surface area contributed by atoms with E-state index in [1.165, 1.54) is 7.11 Å². The van der Waals surface area contributed by atoms with Crippen LogP contribution in [0.25, 0.3) is 0 Å². The van der Waals surface area contributed by atoms with Crippen molar-refractivity contribution >= 4 is 5.97 Å². The quantitative estimate of drug-likeness (QED) is 0.584. The van der Waals surface area contributed by atoms with Crippen LogP contribution in [0.3, 0.4) is 0 Å². The van der Waals surface area contributed by atoms with Crippen molar-refractivity contribution in [2.45, 2.75) is 20.8 Å². The van der Waals surface area contributed by atoms with Crippen molar-refractivity contribution in [3.63, 3.8) is 0 Å². The van der Waals surface area contributed by atoms with E-state index in [-0.39, 0.29) is 11.9 Å². The van der Waals surface area contributed by atoms with Gasteiger partial charge in [0.2, 0.25) is 0 Å². The minimum atomic E-state index is -0.123. The van der Waals surface area contributed by atoms with Crippen molar-refractivity contribution in [3.8, 4) is 0 Å². The molecule has 0 aromatic rings. The number of carbonyl (C=O) groups is 1. The van der Waals surface area contributed by atoms with Crippen LogP contribution in [0.4, 0.5) is 0 Å². The number of hydrogen-bond acceptors (Lipinski definition) is 3. The molecule has 0 rings (SSSR count). The Kier molecular flexibility index (Phi) is 5.72. The third-order valence-electron chi connectivity index (χ3n) is 2.03. The van der Waals surface area contributed by atoms with Crippen molar-refractivity contribution in [2.75, 3.05) is 26.7 Å². The molecular formula is C9H19NO2. The summed E-state index contributed by atoms with van der Waals surface area (Å²) in [4.78, 5) is 13.2. The first-order valence-corrected chi connectivity index (χ1v) is 4.45. The lowest BCUT2D eigenvalue weighted by molar-refractivity contribution is -0.145. The highest BCUT2D eigenvalue weighted by atomic mass is 16.5. The zero-order valence-electron chi connectivity index (χ0n) is 8.46. The van der Waals surface area contributed by atoms with Gasteiger partial charge in [0.25, 0.3) is 0 Å². The van der Waals surface area contributed by atoms with Gasteiger partial charge in [-0.3, -0.25) is 4.79 Å². The van der Waals surface area contributed by atoms with E-state index in [0.29, 0.717) is 0 Å². The predicted molar refractivity (Wildman–Crippen MR) is 49.0 cm³/mol. The summed E-state index contributed by atoms with van der Waals surface area (Å²) in [7, 11) is 1.43. The first kappa shape index (κ1) is 11.4. The van der Waals surface area contributed by atoms with Gasteiger partial charge in [-0.05, 0) is 13.1 Å². The lowest BCUT2D eigenvalue weighted by Crippen LogP contribution is -2.32. The van der Waals surface area contributed by atoms with E-state index < -0.39 is 0 Å². The fourth-order valence-electron chi connectivity index (χ4n) is 1.14. The second kappa shape index (κ2) is 6.00. The predicted octanol–water partition coefficient (Wildman–Crippen LogP) is 1.14. The summed E-state index contributed by atoms with van der Waals surface area (Å²) in [6.45, 7) is 8.83. The van der Waals surface area contributed by atoms with Gasteiger partial charge in [-0.1, -0.05) is 20.8 Å². The Bertz CT molecular complexity index is 132. The highest BCUT2D eigenvalue weighted by Gasteiger charge is 2.15. The zero-order valence-corrected chi connectivity index (χ0v) is 8.46. The zero-order chi connectivity index (χ0) is 9.56. The standard InChI is InChI=1S/C9H19NO2/c1-5-10(6-2)7-8(3)9(11)12-4/h8H,5-7H2,1-4H3. The van der Waals surface area contributed by atoms with Crippen LogP contribution >= 0.6 is 0 Å². The third kappa shape index (κ3) is 3.72. The molecule has 0 aromatic heterocycles. The molecule has 0 spiro atoms. The van der Waals surface area contributed by atoms with Crippen molar-refractivity contribution in [3.05, 3.63) is 0 Å². The Morgan fingerprint density at radius 1 is 1.42 bits per heavy atom. The Morgan fingerprint density at radius 3 is 2.25 bits per heavy atom. The second-order valence-corrected chi connectivity index (χ2v) is 2.91. The SMILES string of the molecule is CCN(CC)CC(C)C(=O)OC. The lowest BCUT2D eigenvalue weighted by atomic mass is 10.1. The molecule has 12 heavy (non-hydrogen) atoms. The topological polar surface area (TPSA) is 29.5 Å². The Hall–Kier alpha value is -0.570. The van der Waals surface area contributed by atoms with Crippen LogP contribution in [-0.2, 0) is 9.53 Å². The van der Waals surface area contributed by atoms with Gasteiger partial charge in [0.15, 0.2) is 0 Å². The van der Waals surface area contributed by atoms with E-state index in [2.05, 4.69) is 23.5 Å². The largest absolute Gasteiger partial charge is 0.469 e. The van der Waals surface area contributed by atoms with Crippen LogP contribution in [0.1, 0.15) is 20.8 Å². The lowest BCUT2D eigenvalue weighted by Gasteiger charge is -2.20. The van der Waals surface area contributed by atoms with E-state index in [1.807, 2.05) is 6.92 Å².